The second kappa shape index (κ2) is 7.15. The standard InChI is InChI=1S/C24H20N4O2/c1-16-7-5-8-17(15-16)23(29)27-14-12-20-21(19-11-6-13-25-22(19)27)26-28(24(20)30)18-9-3-2-4-10-18/h2-11,13,15,30H,12,14H2,1H3. The molecular formula is C24H20N4O2. The number of fused-ring (bicyclic) bond motifs is 3. The first-order valence-electron chi connectivity index (χ1n) is 9.83. The molecule has 0 radical (unpaired) electrons. The highest BCUT2D eigenvalue weighted by molar-refractivity contribution is 6.07. The summed E-state index contributed by atoms with van der Waals surface area (Å²) in [6, 6.07) is 20.8. The maximum absolute atomic E-state index is 13.3. The van der Waals surface area contributed by atoms with E-state index in [4.69, 9.17) is 5.10 Å². The summed E-state index contributed by atoms with van der Waals surface area (Å²) in [6.45, 7) is 2.36. The predicted octanol–water partition coefficient (Wildman–Crippen LogP) is 4.15. The van der Waals surface area contributed by atoms with Crippen LogP contribution in [0.3, 0.4) is 0 Å². The van der Waals surface area contributed by atoms with Gasteiger partial charge in [0.2, 0.25) is 5.88 Å². The molecule has 2 aromatic carbocycles. The average Bonchev–Trinajstić information content (AvgIpc) is 3.01. The van der Waals surface area contributed by atoms with Crippen LogP contribution in [0.25, 0.3) is 16.9 Å². The van der Waals surface area contributed by atoms with E-state index >= 15 is 0 Å². The second-order valence-electron chi connectivity index (χ2n) is 7.35. The lowest BCUT2D eigenvalue weighted by molar-refractivity contribution is 0.0986. The molecule has 0 unspecified atom stereocenters. The van der Waals surface area contributed by atoms with E-state index in [9.17, 15) is 9.90 Å². The number of para-hydroxylation sites is 1. The van der Waals surface area contributed by atoms with Crippen molar-refractivity contribution in [3.63, 3.8) is 0 Å². The third-order valence-corrected chi connectivity index (χ3v) is 5.35. The summed E-state index contributed by atoms with van der Waals surface area (Å²) in [5.74, 6) is 0.538. The van der Waals surface area contributed by atoms with Crippen molar-refractivity contribution in [3.05, 3.63) is 89.6 Å². The Bertz CT molecular complexity index is 1250. The van der Waals surface area contributed by atoms with Crippen LogP contribution in [0.4, 0.5) is 5.82 Å². The Balaban J connectivity index is 1.63. The van der Waals surface area contributed by atoms with Crippen molar-refractivity contribution >= 4 is 11.7 Å². The van der Waals surface area contributed by atoms with Crippen molar-refractivity contribution in [1.29, 1.82) is 0 Å². The predicted molar refractivity (Wildman–Crippen MR) is 115 cm³/mol. The molecule has 0 saturated heterocycles. The van der Waals surface area contributed by atoms with E-state index in [1.807, 2.05) is 73.7 Å². The van der Waals surface area contributed by atoms with Gasteiger partial charge in [-0.2, -0.15) is 5.10 Å². The number of pyridine rings is 1. The van der Waals surface area contributed by atoms with Crippen molar-refractivity contribution in [2.24, 2.45) is 0 Å². The largest absolute Gasteiger partial charge is 0.493 e. The van der Waals surface area contributed by atoms with Crippen molar-refractivity contribution in [2.75, 3.05) is 11.4 Å². The Morgan fingerprint density at radius 1 is 1.03 bits per heavy atom. The summed E-state index contributed by atoms with van der Waals surface area (Å²) < 4.78 is 1.54. The topological polar surface area (TPSA) is 71.2 Å². The van der Waals surface area contributed by atoms with Crippen molar-refractivity contribution in [3.8, 4) is 22.8 Å². The number of aromatic hydroxyl groups is 1. The fourth-order valence-corrected chi connectivity index (χ4v) is 3.90. The van der Waals surface area contributed by atoms with E-state index in [0.717, 1.165) is 16.8 Å². The van der Waals surface area contributed by atoms with Crippen LogP contribution in [-0.2, 0) is 6.42 Å². The lowest BCUT2D eigenvalue weighted by atomic mass is 10.1. The minimum absolute atomic E-state index is 0.0934. The fraction of sp³-hybridized carbons (Fsp3) is 0.125. The molecule has 1 N–H and O–H groups in total. The summed E-state index contributed by atoms with van der Waals surface area (Å²) in [5, 5.41) is 15.6. The minimum Gasteiger partial charge on any atom is -0.493 e. The summed E-state index contributed by atoms with van der Waals surface area (Å²) in [6.07, 6.45) is 2.15. The minimum atomic E-state index is -0.112. The zero-order valence-electron chi connectivity index (χ0n) is 16.5. The van der Waals surface area contributed by atoms with Gasteiger partial charge in [0.05, 0.1) is 5.69 Å². The van der Waals surface area contributed by atoms with Crippen LogP contribution in [0.1, 0.15) is 21.5 Å². The lowest BCUT2D eigenvalue weighted by Gasteiger charge is -2.22. The van der Waals surface area contributed by atoms with Crippen LogP contribution >= 0.6 is 0 Å². The lowest BCUT2D eigenvalue weighted by Crippen LogP contribution is -2.33. The van der Waals surface area contributed by atoms with E-state index in [1.165, 1.54) is 0 Å². The van der Waals surface area contributed by atoms with Crippen LogP contribution < -0.4 is 4.90 Å². The van der Waals surface area contributed by atoms with Crippen molar-refractivity contribution in [1.82, 2.24) is 14.8 Å². The van der Waals surface area contributed by atoms with E-state index in [0.29, 0.717) is 35.6 Å². The molecule has 1 aliphatic rings. The molecule has 5 rings (SSSR count). The normalized spacial score (nSPS) is 12.8. The van der Waals surface area contributed by atoms with Crippen LogP contribution in [0, 0.1) is 6.92 Å². The number of nitrogens with zero attached hydrogens (tertiary/aromatic N) is 4. The molecule has 6 nitrogen and oxygen atoms in total. The molecule has 6 heteroatoms. The maximum Gasteiger partial charge on any atom is 0.259 e. The number of rotatable bonds is 2. The SMILES string of the molecule is Cc1cccc(C(=O)N2CCc3c(nn(-c4ccccc4)c3O)-c3cccnc32)c1. The summed E-state index contributed by atoms with van der Waals surface area (Å²) in [5.41, 5.74) is 4.52. The Kier molecular flexibility index (Phi) is 4.32. The first-order valence-corrected chi connectivity index (χ1v) is 9.83. The number of anilines is 1. The Morgan fingerprint density at radius 3 is 2.67 bits per heavy atom. The van der Waals surface area contributed by atoms with Gasteiger partial charge in [0, 0.05) is 29.4 Å². The highest BCUT2D eigenvalue weighted by Crippen LogP contribution is 2.39. The van der Waals surface area contributed by atoms with Gasteiger partial charge in [0.1, 0.15) is 11.5 Å². The van der Waals surface area contributed by atoms with Crippen LogP contribution in [0.2, 0.25) is 0 Å². The molecule has 4 aromatic rings. The third-order valence-electron chi connectivity index (χ3n) is 5.35. The molecule has 1 aliphatic heterocycles. The zero-order valence-corrected chi connectivity index (χ0v) is 16.5. The van der Waals surface area contributed by atoms with Crippen LogP contribution in [0.15, 0.2) is 72.9 Å². The number of benzene rings is 2. The van der Waals surface area contributed by atoms with Gasteiger partial charge in [-0.3, -0.25) is 9.69 Å². The Labute approximate surface area is 174 Å². The monoisotopic (exact) mass is 396 g/mol. The number of carbonyl (C=O) groups is 1. The number of amides is 1. The average molecular weight is 396 g/mol. The van der Waals surface area contributed by atoms with E-state index in [1.54, 1.807) is 15.8 Å². The maximum atomic E-state index is 13.3. The fourth-order valence-electron chi connectivity index (χ4n) is 3.90. The molecule has 148 valence electrons. The molecule has 2 aromatic heterocycles. The van der Waals surface area contributed by atoms with Crippen LogP contribution in [0.5, 0.6) is 5.88 Å². The van der Waals surface area contributed by atoms with Gasteiger partial charge in [-0.05, 0) is 49.7 Å². The Morgan fingerprint density at radius 2 is 1.87 bits per heavy atom. The number of aromatic nitrogens is 3. The quantitative estimate of drug-likeness (QED) is 0.553. The van der Waals surface area contributed by atoms with E-state index < -0.39 is 0 Å². The molecule has 30 heavy (non-hydrogen) atoms. The summed E-state index contributed by atoms with van der Waals surface area (Å²) in [4.78, 5) is 19.5. The van der Waals surface area contributed by atoms with Crippen molar-refractivity contribution in [2.45, 2.75) is 13.3 Å². The van der Waals surface area contributed by atoms with Gasteiger partial charge in [-0.25, -0.2) is 9.67 Å². The van der Waals surface area contributed by atoms with Gasteiger partial charge in [-0.15, -0.1) is 0 Å². The number of aryl methyl sites for hydroxylation is 1. The molecule has 0 saturated carbocycles. The van der Waals surface area contributed by atoms with Crippen LogP contribution in [-0.4, -0.2) is 32.3 Å². The molecule has 0 spiro atoms. The van der Waals surface area contributed by atoms with Gasteiger partial charge < -0.3 is 5.11 Å². The number of carbonyl (C=O) groups excluding carboxylic acids is 1. The Hall–Kier alpha value is -3.93. The first kappa shape index (κ1) is 18.1. The summed E-state index contributed by atoms with van der Waals surface area (Å²) >= 11 is 0. The molecule has 1 amide bonds. The number of hydrogen-bond donors (Lipinski definition) is 1. The highest BCUT2D eigenvalue weighted by Gasteiger charge is 2.30. The first-order chi connectivity index (χ1) is 14.6. The molecule has 0 atom stereocenters. The van der Waals surface area contributed by atoms with Gasteiger partial charge in [0.15, 0.2) is 0 Å². The summed E-state index contributed by atoms with van der Waals surface area (Å²) in [7, 11) is 0. The molecule has 3 heterocycles. The third kappa shape index (κ3) is 2.93. The zero-order chi connectivity index (χ0) is 20.7. The molecular weight excluding hydrogens is 376 g/mol. The van der Waals surface area contributed by atoms with Gasteiger partial charge >= 0.3 is 0 Å². The van der Waals surface area contributed by atoms with E-state index in [2.05, 4.69) is 4.98 Å². The van der Waals surface area contributed by atoms with E-state index in [-0.39, 0.29) is 11.8 Å². The van der Waals surface area contributed by atoms with Crippen molar-refractivity contribution < 1.29 is 9.90 Å². The van der Waals surface area contributed by atoms with Gasteiger partial charge in [-0.1, -0.05) is 35.9 Å². The number of hydrogen-bond acceptors (Lipinski definition) is 4. The second-order valence-corrected chi connectivity index (χ2v) is 7.35. The molecule has 0 bridgehead atoms. The smallest absolute Gasteiger partial charge is 0.259 e. The van der Waals surface area contributed by atoms with Gasteiger partial charge in [0.25, 0.3) is 5.91 Å². The highest BCUT2D eigenvalue weighted by atomic mass is 16.3. The molecule has 0 aliphatic carbocycles. The molecule has 0 fully saturated rings.